The van der Waals surface area contributed by atoms with Crippen molar-refractivity contribution in [3.63, 3.8) is 0 Å². The van der Waals surface area contributed by atoms with E-state index in [1.807, 2.05) is 0 Å². The number of carbonyl (C=O) groups is 1. The van der Waals surface area contributed by atoms with Gasteiger partial charge in [-0.1, -0.05) is 18.6 Å². The summed E-state index contributed by atoms with van der Waals surface area (Å²) in [5, 5.41) is 0. The van der Waals surface area contributed by atoms with E-state index in [4.69, 9.17) is 0 Å². The number of hydrogen-bond donors (Lipinski definition) is 0. The second-order valence-corrected chi connectivity index (χ2v) is 3.24. The average molecular weight is 138 g/mol. The SMILES string of the molecule is CC1=CC(C=O)C(C)CC1. The molecule has 0 bridgehead atoms. The molecule has 0 aliphatic heterocycles. The molecule has 2 unspecified atom stereocenters. The van der Waals surface area contributed by atoms with E-state index < -0.39 is 0 Å². The standard InChI is InChI=1S/C9H14O/c1-7-3-4-8(2)9(5-7)6-10/h5-6,8-9H,3-4H2,1-2H3. The first kappa shape index (κ1) is 7.52. The fraction of sp³-hybridized carbons (Fsp3) is 0.667. The van der Waals surface area contributed by atoms with Gasteiger partial charge in [-0.15, -0.1) is 0 Å². The van der Waals surface area contributed by atoms with Crippen molar-refractivity contribution in [1.29, 1.82) is 0 Å². The summed E-state index contributed by atoms with van der Waals surface area (Å²) in [5.41, 5.74) is 1.37. The molecule has 0 radical (unpaired) electrons. The molecule has 1 aliphatic carbocycles. The van der Waals surface area contributed by atoms with Crippen LogP contribution < -0.4 is 0 Å². The predicted octanol–water partition coefficient (Wildman–Crippen LogP) is 2.18. The van der Waals surface area contributed by atoms with Crippen LogP contribution in [0.15, 0.2) is 11.6 Å². The summed E-state index contributed by atoms with van der Waals surface area (Å²) >= 11 is 0. The Morgan fingerprint density at radius 3 is 2.90 bits per heavy atom. The Bertz CT molecular complexity index is 158. The lowest BCUT2D eigenvalue weighted by Crippen LogP contribution is -2.15. The first-order valence-corrected chi connectivity index (χ1v) is 3.86. The highest BCUT2D eigenvalue weighted by atomic mass is 16.1. The summed E-state index contributed by atoms with van der Waals surface area (Å²) < 4.78 is 0. The predicted molar refractivity (Wildman–Crippen MR) is 41.7 cm³/mol. The van der Waals surface area contributed by atoms with Crippen LogP contribution in [0, 0.1) is 11.8 Å². The van der Waals surface area contributed by atoms with Crippen molar-refractivity contribution >= 4 is 6.29 Å². The van der Waals surface area contributed by atoms with Crippen molar-refractivity contribution in [2.24, 2.45) is 11.8 Å². The molecule has 1 heteroatoms. The normalized spacial score (nSPS) is 33.2. The Labute approximate surface area is 62.1 Å². The highest BCUT2D eigenvalue weighted by molar-refractivity contribution is 5.57. The van der Waals surface area contributed by atoms with E-state index in [1.165, 1.54) is 18.4 Å². The topological polar surface area (TPSA) is 17.1 Å². The minimum Gasteiger partial charge on any atom is -0.303 e. The molecular weight excluding hydrogens is 124 g/mol. The Balaban J connectivity index is 2.67. The van der Waals surface area contributed by atoms with Crippen molar-refractivity contribution in [3.05, 3.63) is 11.6 Å². The van der Waals surface area contributed by atoms with Gasteiger partial charge in [0.1, 0.15) is 6.29 Å². The highest BCUT2D eigenvalue weighted by Crippen LogP contribution is 2.26. The van der Waals surface area contributed by atoms with E-state index in [1.54, 1.807) is 0 Å². The molecule has 0 N–H and O–H groups in total. The summed E-state index contributed by atoms with van der Waals surface area (Å²) in [5.74, 6) is 0.745. The van der Waals surface area contributed by atoms with Crippen LogP contribution in [0.1, 0.15) is 26.7 Å². The molecule has 0 aromatic rings. The molecule has 0 spiro atoms. The molecule has 10 heavy (non-hydrogen) atoms. The Hall–Kier alpha value is -0.590. The van der Waals surface area contributed by atoms with E-state index in [2.05, 4.69) is 19.9 Å². The minimum absolute atomic E-state index is 0.189. The first-order chi connectivity index (χ1) is 4.74. The van der Waals surface area contributed by atoms with E-state index >= 15 is 0 Å². The van der Waals surface area contributed by atoms with E-state index in [0.29, 0.717) is 5.92 Å². The van der Waals surface area contributed by atoms with Crippen LogP contribution >= 0.6 is 0 Å². The van der Waals surface area contributed by atoms with Gasteiger partial charge in [0.2, 0.25) is 0 Å². The largest absolute Gasteiger partial charge is 0.303 e. The number of rotatable bonds is 1. The molecule has 0 saturated carbocycles. The van der Waals surface area contributed by atoms with Crippen LogP contribution in [0.5, 0.6) is 0 Å². The molecule has 0 aromatic heterocycles. The van der Waals surface area contributed by atoms with E-state index in [0.717, 1.165) is 6.29 Å². The summed E-state index contributed by atoms with van der Waals surface area (Å²) in [4.78, 5) is 10.5. The zero-order valence-corrected chi connectivity index (χ0v) is 6.63. The van der Waals surface area contributed by atoms with E-state index in [9.17, 15) is 4.79 Å². The number of allylic oxidation sites excluding steroid dienone is 2. The smallest absolute Gasteiger partial charge is 0.127 e. The van der Waals surface area contributed by atoms with Gasteiger partial charge in [-0.3, -0.25) is 0 Å². The van der Waals surface area contributed by atoms with Gasteiger partial charge in [0.25, 0.3) is 0 Å². The number of aldehydes is 1. The lowest BCUT2D eigenvalue weighted by atomic mass is 9.83. The van der Waals surface area contributed by atoms with E-state index in [-0.39, 0.29) is 5.92 Å². The summed E-state index contributed by atoms with van der Waals surface area (Å²) in [6.07, 6.45) is 5.51. The molecular formula is C9H14O. The molecule has 0 heterocycles. The Kier molecular flexibility index (Phi) is 2.25. The molecule has 0 fully saturated rings. The van der Waals surface area contributed by atoms with Crippen LogP contribution in [0.25, 0.3) is 0 Å². The van der Waals surface area contributed by atoms with Crippen molar-refractivity contribution in [2.45, 2.75) is 26.7 Å². The second kappa shape index (κ2) is 3.00. The van der Waals surface area contributed by atoms with Gasteiger partial charge in [-0.05, 0) is 25.7 Å². The van der Waals surface area contributed by atoms with Crippen LogP contribution in [0.3, 0.4) is 0 Å². The summed E-state index contributed by atoms with van der Waals surface area (Å²) in [6.45, 7) is 4.24. The van der Waals surface area contributed by atoms with Crippen LogP contribution in [-0.4, -0.2) is 6.29 Å². The fourth-order valence-electron chi connectivity index (χ4n) is 1.40. The van der Waals surface area contributed by atoms with Crippen LogP contribution in [0.4, 0.5) is 0 Å². The third-order valence-corrected chi connectivity index (χ3v) is 2.29. The molecule has 1 aliphatic rings. The van der Waals surface area contributed by atoms with Crippen LogP contribution in [-0.2, 0) is 4.79 Å². The first-order valence-electron chi connectivity index (χ1n) is 3.86. The molecule has 1 nitrogen and oxygen atoms in total. The lowest BCUT2D eigenvalue weighted by molar-refractivity contribution is -0.111. The fourth-order valence-corrected chi connectivity index (χ4v) is 1.40. The zero-order valence-electron chi connectivity index (χ0n) is 6.63. The molecule has 0 saturated heterocycles. The van der Waals surface area contributed by atoms with Gasteiger partial charge < -0.3 is 4.79 Å². The Morgan fingerprint density at radius 2 is 2.40 bits per heavy atom. The Morgan fingerprint density at radius 1 is 1.70 bits per heavy atom. The number of carbonyl (C=O) groups excluding carboxylic acids is 1. The molecule has 1 rings (SSSR count). The van der Waals surface area contributed by atoms with Crippen molar-refractivity contribution in [2.75, 3.05) is 0 Å². The van der Waals surface area contributed by atoms with Gasteiger partial charge in [0.05, 0.1) is 0 Å². The van der Waals surface area contributed by atoms with Gasteiger partial charge in [-0.2, -0.15) is 0 Å². The molecule has 0 amide bonds. The lowest BCUT2D eigenvalue weighted by Gasteiger charge is -2.21. The maximum atomic E-state index is 10.5. The van der Waals surface area contributed by atoms with Gasteiger partial charge in [0.15, 0.2) is 0 Å². The maximum Gasteiger partial charge on any atom is 0.127 e. The third-order valence-electron chi connectivity index (χ3n) is 2.29. The van der Waals surface area contributed by atoms with Crippen molar-refractivity contribution in [3.8, 4) is 0 Å². The molecule has 2 atom stereocenters. The summed E-state index contributed by atoms with van der Waals surface area (Å²) in [7, 11) is 0. The van der Waals surface area contributed by atoms with Crippen molar-refractivity contribution < 1.29 is 4.79 Å². The molecule has 56 valence electrons. The quantitative estimate of drug-likeness (QED) is 0.401. The third kappa shape index (κ3) is 1.47. The average Bonchev–Trinajstić information content (AvgIpc) is 1.94. The van der Waals surface area contributed by atoms with Gasteiger partial charge in [-0.25, -0.2) is 0 Å². The van der Waals surface area contributed by atoms with Gasteiger partial charge >= 0.3 is 0 Å². The van der Waals surface area contributed by atoms with Crippen molar-refractivity contribution in [1.82, 2.24) is 0 Å². The van der Waals surface area contributed by atoms with Gasteiger partial charge in [0, 0.05) is 5.92 Å². The molecule has 0 aromatic carbocycles. The summed E-state index contributed by atoms with van der Waals surface area (Å²) in [6, 6.07) is 0. The zero-order chi connectivity index (χ0) is 7.56. The second-order valence-electron chi connectivity index (χ2n) is 3.24. The monoisotopic (exact) mass is 138 g/mol. The highest BCUT2D eigenvalue weighted by Gasteiger charge is 2.17. The van der Waals surface area contributed by atoms with Crippen LogP contribution in [0.2, 0.25) is 0 Å². The number of hydrogen-bond acceptors (Lipinski definition) is 1. The maximum absolute atomic E-state index is 10.5. The minimum atomic E-state index is 0.189.